The molecule has 0 aliphatic rings. The van der Waals surface area contributed by atoms with Gasteiger partial charge in [0, 0.05) is 44.8 Å². The maximum Gasteiger partial charge on any atom is 1.00 e. The van der Waals surface area contributed by atoms with Gasteiger partial charge in [0.05, 0.1) is 0 Å². The number of aliphatic carboxylic acids is 4. The van der Waals surface area contributed by atoms with Crippen LogP contribution in [-0.2, 0) is 36.2 Å². The van der Waals surface area contributed by atoms with E-state index in [1.54, 1.807) is 0 Å². The topological polar surface area (TPSA) is 149 Å². The quantitative estimate of drug-likeness (QED) is 0.357. The molecule has 18 heavy (non-hydrogen) atoms. The van der Waals surface area contributed by atoms with Crippen LogP contribution in [-0.4, -0.2) is 44.3 Å². The monoisotopic (exact) mass is 320 g/mol. The molecule has 4 N–H and O–H groups in total. The second-order valence-electron chi connectivity index (χ2n) is 2.08. The van der Waals surface area contributed by atoms with Crippen LogP contribution in [0.5, 0.6) is 0 Å². The fourth-order valence-corrected chi connectivity index (χ4v) is 0. The van der Waals surface area contributed by atoms with Crippen molar-refractivity contribution in [3.63, 3.8) is 0 Å². The second kappa shape index (κ2) is 29.9. The second-order valence-corrected chi connectivity index (χ2v) is 2.08. The van der Waals surface area contributed by atoms with Gasteiger partial charge in [-0.25, -0.2) is 0 Å². The van der Waals surface area contributed by atoms with E-state index < -0.39 is 23.9 Å². The molecule has 106 valence electrons. The number of carbonyl (C=O) groups is 4. The van der Waals surface area contributed by atoms with Crippen molar-refractivity contribution in [2.24, 2.45) is 0 Å². The zero-order valence-electron chi connectivity index (χ0n) is 11.8. The molecule has 0 aromatic rings. The van der Waals surface area contributed by atoms with Crippen LogP contribution in [0.2, 0.25) is 0 Å². The Bertz CT molecular complexity index is 173. The molecule has 0 amide bonds. The van der Waals surface area contributed by atoms with Gasteiger partial charge in [-0.05, 0) is 0 Å². The predicted molar refractivity (Wildman–Crippen MR) is 54.4 cm³/mol. The minimum absolute atomic E-state index is 0. The largest absolute Gasteiger partial charge is 1.00 e. The van der Waals surface area contributed by atoms with Crippen LogP contribution in [0, 0.1) is 0 Å². The fourth-order valence-electron chi connectivity index (χ4n) is 0. The van der Waals surface area contributed by atoms with Gasteiger partial charge in [-0.2, -0.15) is 0 Å². The Kier molecular flexibility index (Phi) is 59.9. The SMILES string of the molecule is CC(=O)O.CC(=O)O.CC(=O)O.CC(=O)O.[Fe].[H-].[Na+]. The average Bonchev–Trinajstić information content (AvgIpc) is 1.76. The first-order chi connectivity index (χ1) is 6.93. The zero-order valence-corrected chi connectivity index (χ0v) is 13.9. The maximum absolute atomic E-state index is 9.00. The van der Waals surface area contributed by atoms with Crippen LogP contribution in [0.1, 0.15) is 29.1 Å². The van der Waals surface area contributed by atoms with Gasteiger partial charge < -0.3 is 21.9 Å². The van der Waals surface area contributed by atoms with Gasteiger partial charge in [-0.15, -0.1) is 0 Å². The first-order valence-electron chi connectivity index (χ1n) is 3.71. The predicted octanol–water partition coefficient (Wildman–Crippen LogP) is -2.52. The third-order valence-corrected chi connectivity index (χ3v) is 0. The summed E-state index contributed by atoms with van der Waals surface area (Å²) in [6.07, 6.45) is 0. The van der Waals surface area contributed by atoms with Crippen LogP contribution in [0.4, 0.5) is 0 Å². The molecule has 0 aromatic heterocycles. The number of rotatable bonds is 0. The van der Waals surface area contributed by atoms with Crippen molar-refractivity contribution < 1.29 is 87.7 Å². The summed E-state index contributed by atoms with van der Waals surface area (Å²) in [5.41, 5.74) is 0. The number of carboxylic acid groups (broad SMARTS) is 4. The van der Waals surface area contributed by atoms with E-state index in [4.69, 9.17) is 39.6 Å². The summed E-state index contributed by atoms with van der Waals surface area (Å²) in [5.74, 6) is -3.33. The molecule has 0 fully saturated rings. The Morgan fingerprint density at radius 2 is 0.611 bits per heavy atom. The molecule has 0 heterocycles. The van der Waals surface area contributed by atoms with Crippen LogP contribution >= 0.6 is 0 Å². The molecule has 10 heteroatoms. The van der Waals surface area contributed by atoms with Crippen LogP contribution in [0.3, 0.4) is 0 Å². The molecule has 0 unspecified atom stereocenters. The van der Waals surface area contributed by atoms with Gasteiger partial charge in [0.15, 0.2) is 0 Å². The molecule has 0 aromatic carbocycles. The van der Waals surface area contributed by atoms with Crippen molar-refractivity contribution >= 4 is 23.9 Å². The van der Waals surface area contributed by atoms with Gasteiger partial charge in [0.25, 0.3) is 23.9 Å². The minimum atomic E-state index is -0.833. The minimum Gasteiger partial charge on any atom is -1.00 e. The third kappa shape index (κ3) is 8850. The Balaban J connectivity index is -0.0000000192. The van der Waals surface area contributed by atoms with Crippen LogP contribution in [0.25, 0.3) is 0 Å². The van der Waals surface area contributed by atoms with Crippen molar-refractivity contribution in [1.82, 2.24) is 0 Å². The van der Waals surface area contributed by atoms with E-state index in [1.807, 2.05) is 0 Å². The van der Waals surface area contributed by atoms with E-state index in [-0.39, 0.29) is 48.1 Å². The Morgan fingerprint density at radius 3 is 0.611 bits per heavy atom. The van der Waals surface area contributed by atoms with E-state index in [1.165, 1.54) is 0 Å². The Labute approximate surface area is 139 Å². The number of hydrogen-bond donors (Lipinski definition) is 4. The zero-order chi connectivity index (χ0) is 14.3. The number of hydrogen-bond acceptors (Lipinski definition) is 4. The standard InChI is InChI=1S/4C2H4O2.Fe.Na.H/c4*1-2(3)4;;;/h4*1H3,(H,3,4);;;/q;;;;;+1;-1. The first-order valence-corrected chi connectivity index (χ1v) is 3.71. The summed E-state index contributed by atoms with van der Waals surface area (Å²) in [6, 6.07) is 0. The van der Waals surface area contributed by atoms with E-state index in [0.29, 0.717) is 0 Å². The first kappa shape index (κ1) is 36.0. The Morgan fingerprint density at radius 1 is 0.611 bits per heavy atom. The van der Waals surface area contributed by atoms with E-state index >= 15 is 0 Å². The van der Waals surface area contributed by atoms with Crippen LogP contribution in [0.15, 0.2) is 0 Å². The van der Waals surface area contributed by atoms with E-state index in [0.717, 1.165) is 27.7 Å². The Hall–Kier alpha value is -0.601. The fraction of sp³-hybridized carbons (Fsp3) is 0.500. The third-order valence-electron chi connectivity index (χ3n) is 0. The summed E-state index contributed by atoms with van der Waals surface area (Å²) in [4.78, 5) is 36.0. The molecular weight excluding hydrogens is 303 g/mol. The average molecular weight is 320 g/mol. The summed E-state index contributed by atoms with van der Waals surface area (Å²) in [5, 5.41) is 29.7. The molecule has 0 saturated heterocycles. The van der Waals surface area contributed by atoms with Crippen molar-refractivity contribution in [3.8, 4) is 0 Å². The van der Waals surface area contributed by atoms with E-state index in [9.17, 15) is 0 Å². The number of carboxylic acids is 4. The van der Waals surface area contributed by atoms with E-state index in [2.05, 4.69) is 0 Å². The normalized spacial score (nSPS) is 5.56. The van der Waals surface area contributed by atoms with Gasteiger partial charge in [-0.1, -0.05) is 0 Å². The summed E-state index contributed by atoms with van der Waals surface area (Å²) in [7, 11) is 0. The molecule has 0 rings (SSSR count). The molecule has 0 spiro atoms. The smallest absolute Gasteiger partial charge is 1.00 e. The van der Waals surface area contributed by atoms with Crippen LogP contribution < -0.4 is 29.6 Å². The van der Waals surface area contributed by atoms with Crippen molar-refractivity contribution in [2.45, 2.75) is 27.7 Å². The molecule has 0 saturated carbocycles. The van der Waals surface area contributed by atoms with Gasteiger partial charge >= 0.3 is 29.6 Å². The molecule has 0 aliphatic carbocycles. The molecule has 8 nitrogen and oxygen atoms in total. The van der Waals surface area contributed by atoms with Crippen molar-refractivity contribution in [2.75, 3.05) is 0 Å². The molecule has 0 radical (unpaired) electrons. The summed E-state index contributed by atoms with van der Waals surface area (Å²) < 4.78 is 0. The van der Waals surface area contributed by atoms with Gasteiger partial charge in [-0.3, -0.25) is 19.2 Å². The van der Waals surface area contributed by atoms with Crippen molar-refractivity contribution in [1.29, 1.82) is 0 Å². The molecular formula is C8H17FeNaO8. The van der Waals surface area contributed by atoms with Gasteiger partial charge in [0.1, 0.15) is 0 Å². The molecule has 0 bridgehead atoms. The van der Waals surface area contributed by atoms with Crippen molar-refractivity contribution in [3.05, 3.63) is 0 Å². The molecule has 0 aliphatic heterocycles. The maximum atomic E-state index is 9.00. The summed E-state index contributed by atoms with van der Waals surface area (Å²) in [6.45, 7) is 4.33. The van der Waals surface area contributed by atoms with Gasteiger partial charge in [0.2, 0.25) is 0 Å². The summed E-state index contributed by atoms with van der Waals surface area (Å²) >= 11 is 0. The molecule has 0 atom stereocenters.